The second-order valence-corrected chi connectivity index (χ2v) is 3.97. The maximum Gasteiger partial charge on any atom is 0.166 e. The van der Waals surface area contributed by atoms with Gasteiger partial charge in [-0.15, -0.1) is 0 Å². The highest BCUT2D eigenvalue weighted by molar-refractivity contribution is 7.80. The second kappa shape index (κ2) is 6.50. The highest BCUT2D eigenvalue weighted by Crippen LogP contribution is 2.14. The predicted octanol–water partition coefficient (Wildman–Crippen LogP) is 1.76. The fraction of sp³-hybridized carbons (Fsp3) is 0.545. The molecule has 0 bridgehead atoms. The molecule has 1 rings (SSSR count). The fourth-order valence-corrected chi connectivity index (χ4v) is 1.55. The number of thiocarbonyl (C=S) groups is 1. The Morgan fingerprint density at radius 2 is 2.31 bits per heavy atom. The van der Waals surface area contributed by atoms with E-state index < -0.39 is 0 Å². The van der Waals surface area contributed by atoms with Crippen LogP contribution in [0, 0.1) is 6.92 Å². The van der Waals surface area contributed by atoms with Crippen molar-refractivity contribution in [3.05, 3.63) is 23.7 Å². The average molecular weight is 242 g/mol. The summed E-state index contributed by atoms with van der Waals surface area (Å²) in [5.41, 5.74) is 0. The monoisotopic (exact) mass is 242 g/mol. The van der Waals surface area contributed by atoms with Crippen molar-refractivity contribution in [1.82, 2.24) is 10.6 Å². The summed E-state index contributed by atoms with van der Waals surface area (Å²) in [6.45, 7) is 5.26. The maximum absolute atomic E-state index is 5.50. The number of ether oxygens (including phenoxy) is 1. The van der Waals surface area contributed by atoms with E-state index in [4.69, 9.17) is 21.4 Å². The third-order valence-electron chi connectivity index (χ3n) is 2.13. The Labute approximate surface area is 101 Å². The van der Waals surface area contributed by atoms with E-state index in [9.17, 15) is 0 Å². The molecule has 1 aromatic heterocycles. The lowest BCUT2D eigenvalue weighted by Gasteiger charge is -2.14. The Hall–Kier alpha value is -1.07. The van der Waals surface area contributed by atoms with Crippen LogP contribution in [0.15, 0.2) is 16.5 Å². The molecule has 0 aromatic carbocycles. The van der Waals surface area contributed by atoms with Crippen molar-refractivity contribution >= 4 is 17.3 Å². The van der Waals surface area contributed by atoms with Crippen molar-refractivity contribution < 1.29 is 9.15 Å². The Balaban J connectivity index is 2.33. The number of rotatable bonds is 5. The number of nitrogens with one attached hydrogen (secondary N) is 2. The van der Waals surface area contributed by atoms with E-state index in [0.29, 0.717) is 18.3 Å². The summed E-state index contributed by atoms with van der Waals surface area (Å²) in [6.07, 6.45) is 0. The first kappa shape index (κ1) is 13.0. The molecule has 1 unspecified atom stereocenters. The first-order valence-electron chi connectivity index (χ1n) is 5.23. The molecule has 16 heavy (non-hydrogen) atoms. The Kier molecular flexibility index (Phi) is 5.28. The molecule has 0 amide bonds. The molecule has 0 saturated carbocycles. The fourth-order valence-electron chi connectivity index (χ4n) is 1.27. The van der Waals surface area contributed by atoms with E-state index in [2.05, 4.69) is 10.6 Å². The molecule has 1 aromatic rings. The number of aryl methyl sites for hydroxylation is 1. The smallest absolute Gasteiger partial charge is 0.166 e. The lowest BCUT2D eigenvalue weighted by Crippen LogP contribution is -2.38. The molecule has 0 aliphatic carbocycles. The molecule has 2 N–H and O–H groups in total. The summed E-state index contributed by atoms with van der Waals surface area (Å²) in [7, 11) is 1.66. The summed E-state index contributed by atoms with van der Waals surface area (Å²) in [6, 6.07) is 3.95. The molecule has 1 heterocycles. The lowest BCUT2D eigenvalue weighted by molar-refractivity contribution is 0.204. The van der Waals surface area contributed by atoms with Crippen LogP contribution in [0.25, 0.3) is 0 Å². The van der Waals surface area contributed by atoms with E-state index in [0.717, 1.165) is 11.5 Å². The normalized spacial score (nSPS) is 12.2. The summed E-state index contributed by atoms with van der Waals surface area (Å²) < 4.78 is 10.4. The molecule has 4 nitrogen and oxygen atoms in total. The van der Waals surface area contributed by atoms with Gasteiger partial charge in [-0.3, -0.25) is 0 Å². The molecule has 0 saturated heterocycles. The summed E-state index contributed by atoms with van der Waals surface area (Å²) in [4.78, 5) is 0. The molecule has 5 heteroatoms. The number of methoxy groups -OCH3 is 1. The van der Waals surface area contributed by atoms with E-state index >= 15 is 0 Å². The van der Waals surface area contributed by atoms with Gasteiger partial charge < -0.3 is 19.8 Å². The minimum absolute atomic E-state index is 0.0660. The highest BCUT2D eigenvalue weighted by Gasteiger charge is 2.09. The number of furan rings is 1. The first-order chi connectivity index (χ1) is 7.63. The Bertz CT molecular complexity index is 338. The van der Waals surface area contributed by atoms with Gasteiger partial charge in [0.2, 0.25) is 0 Å². The maximum atomic E-state index is 5.50. The Morgan fingerprint density at radius 3 is 2.88 bits per heavy atom. The topological polar surface area (TPSA) is 46.4 Å². The van der Waals surface area contributed by atoms with Crippen LogP contribution in [-0.4, -0.2) is 25.4 Å². The SMILES string of the molecule is COCCNC(=S)NC(C)c1ccc(C)o1. The van der Waals surface area contributed by atoms with Gasteiger partial charge in [-0.05, 0) is 38.2 Å². The molecular weight excluding hydrogens is 224 g/mol. The zero-order chi connectivity index (χ0) is 12.0. The van der Waals surface area contributed by atoms with Gasteiger partial charge in [0.05, 0.1) is 12.6 Å². The van der Waals surface area contributed by atoms with Crippen molar-refractivity contribution in [1.29, 1.82) is 0 Å². The van der Waals surface area contributed by atoms with Crippen LogP contribution < -0.4 is 10.6 Å². The van der Waals surface area contributed by atoms with Crippen LogP contribution in [0.2, 0.25) is 0 Å². The largest absolute Gasteiger partial charge is 0.464 e. The molecule has 0 aliphatic rings. The zero-order valence-corrected chi connectivity index (χ0v) is 10.7. The average Bonchev–Trinajstić information content (AvgIpc) is 2.65. The third-order valence-corrected chi connectivity index (χ3v) is 2.39. The summed E-state index contributed by atoms with van der Waals surface area (Å²) in [5.74, 6) is 1.79. The van der Waals surface area contributed by atoms with Crippen LogP contribution in [0.1, 0.15) is 24.5 Å². The molecular formula is C11H18N2O2S. The minimum Gasteiger partial charge on any atom is -0.464 e. The van der Waals surface area contributed by atoms with Crippen LogP contribution in [0.4, 0.5) is 0 Å². The van der Waals surface area contributed by atoms with Gasteiger partial charge in [-0.25, -0.2) is 0 Å². The zero-order valence-electron chi connectivity index (χ0n) is 9.87. The van der Waals surface area contributed by atoms with Crippen LogP contribution in [0.5, 0.6) is 0 Å². The summed E-state index contributed by atoms with van der Waals surface area (Å²) in [5, 5.41) is 6.79. The predicted molar refractivity (Wildman–Crippen MR) is 67.5 cm³/mol. The molecule has 0 fully saturated rings. The second-order valence-electron chi connectivity index (χ2n) is 3.56. The summed E-state index contributed by atoms with van der Waals surface area (Å²) >= 11 is 5.13. The molecule has 0 radical (unpaired) electrons. The van der Waals surface area contributed by atoms with Gasteiger partial charge in [-0.1, -0.05) is 0 Å². The Morgan fingerprint density at radius 1 is 1.56 bits per heavy atom. The highest BCUT2D eigenvalue weighted by atomic mass is 32.1. The van der Waals surface area contributed by atoms with E-state index in [1.165, 1.54) is 0 Å². The van der Waals surface area contributed by atoms with Gasteiger partial charge in [0.15, 0.2) is 5.11 Å². The van der Waals surface area contributed by atoms with E-state index in [1.54, 1.807) is 7.11 Å². The van der Waals surface area contributed by atoms with Crippen molar-refractivity contribution in [3.8, 4) is 0 Å². The molecule has 0 aliphatic heterocycles. The first-order valence-corrected chi connectivity index (χ1v) is 5.64. The number of hydrogen-bond acceptors (Lipinski definition) is 3. The minimum atomic E-state index is 0.0660. The van der Waals surface area contributed by atoms with Crippen molar-refractivity contribution in [2.75, 3.05) is 20.3 Å². The molecule has 90 valence electrons. The lowest BCUT2D eigenvalue weighted by atomic mass is 10.2. The van der Waals surface area contributed by atoms with Crippen LogP contribution in [0.3, 0.4) is 0 Å². The molecule has 1 atom stereocenters. The standard InChI is InChI=1S/C11H18N2O2S/c1-8-4-5-10(15-8)9(2)13-11(16)12-6-7-14-3/h4-5,9H,6-7H2,1-3H3,(H2,12,13,16). The van der Waals surface area contributed by atoms with E-state index in [-0.39, 0.29) is 6.04 Å². The van der Waals surface area contributed by atoms with Gasteiger partial charge >= 0.3 is 0 Å². The van der Waals surface area contributed by atoms with Gasteiger partial charge in [0, 0.05) is 13.7 Å². The van der Waals surface area contributed by atoms with Crippen molar-refractivity contribution in [2.24, 2.45) is 0 Å². The number of hydrogen-bond donors (Lipinski definition) is 2. The van der Waals surface area contributed by atoms with Crippen molar-refractivity contribution in [3.63, 3.8) is 0 Å². The van der Waals surface area contributed by atoms with Gasteiger partial charge in [-0.2, -0.15) is 0 Å². The van der Waals surface area contributed by atoms with Crippen LogP contribution >= 0.6 is 12.2 Å². The van der Waals surface area contributed by atoms with Crippen LogP contribution in [-0.2, 0) is 4.74 Å². The van der Waals surface area contributed by atoms with E-state index in [1.807, 2.05) is 26.0 Å². The quantitative estimate of drug-likeness (QED) is 0.608. The van der Waals surface area contributed by atoms with Gasteiger partial charge in [0.1, 0.15) is 11.5 Å². The van der Waals surface area contributed by atoms with Gasteiger partial charge in [0.25, 0.3) is 0 Å². The molecule has 0 spiro atoms. The third kappa shape index (κ3) is 4.20. The van der Waals surface area contributed by atoms with Crippen molar-refractivity contribution in [2.45, 2.75) is 19.9 Å².